The Morgan fingerprint density at radius 2 is 2.10 bits per heavy atom. The van der Waals surface area contributed by atoms with Crippen molar-refractivity contribution in [3.05, 3.63) is 30.2 Å². The number of hydrogen-bond acceptors (Lipinski definition) is 5. The standard InChI is InChI=1S/C15H22N6/c1-18-5-7-20-8-6-19(12-14(20)11-18)10-13-9-17-21-4-2-3-16-15(13)21/h2-4,9,14H,5-8,10-12H2,1H3/t14-/m1/s1. The largest absolute Gasteiger partial charge is 0.303 e. The number of nitrogens with zero attached hydrogens (tertiary/aromatic N) is 6. The molecule has 6 heteroatoms. The van der Waals surface area contributed by atoms with Gasteiger partial charge in [-0.3, -0.25) is 9.80 Å². The number of hydrogen-bond donors (Lipinski definition) is 0. The molecule has 0 saturated carbocycles. The molecule has 0 unspecified atom stereocenters. The van der Waals surface area contributed by atoms with Crippen LogP contribution in [0.4, 0.5) is 0 Å². The van der Waals surface area contributed by atoms with Crippen molar-refractivity contribution in [2.24, 2.45) is 0 Å². The predicted molar refractivity (Wildman–Crippen MR) is 81.1 cm³/mol. The van der Waals surface area contributed by atoms with E-state index >= 15 is 0 Å². The number of aromatic nitrogens is 3. The van der Waals surface area contributed by atoms with Gasteiger partial charge < -0.3 is 4.90 Å². The summed E-state index contributed by atoms with van der Waals surface area (Å²) in [7, 11) is 2.23. The Bertz CT molecular complexity index is 623. The van der Waals surface area contributed by atoms with E-state index in [-0.39, 0.29) is 0 Å². The van der Waals surface area contributed by atoms with Crippen molar-refractivity contribution in [2.75, 3.05) is 46.3 Å². The first-order valence-electron chi connectivity index (χ1n) is 7.72. The van der Waals surface area contributed by atoms with E-state index in [1.54, 1.807) is 0 Å². The zero-order valence-electron chi connectivity index (χ0n) is 12.5. The molecule has 1 atom stereocenters. The first-order chi connectivity index (χ1) is 10.3. The Morgan fingerprint density at radius 3 is 3.05 bits per heavy atom. The molecule has 6 nitrogen and oxygen atoms in total. The molecule has 0 amide bonds. The van der Waals surface area contributed by atoms with Crippen LogP contribution in [0.3, 0.4) is 0 Å². The summed E-state index contributed by atoms with van der Waals surface area (Å²) in [6.45, 7) is 8.03. The SMILES string of the molecule is CN1CCN2CCN(Cc3cnn4cccnc34)C[C@H]2C1. The Balaban J connectivity index is 1.48. The predicted octanol–water partition coefficient (Wildman–Crippen LogP) is 0.161. The molecular formula is C15H22N6. The summed E-state index contributed by atoms with van der Waals surface area (Å²) in [6.07, 6.45) is 5.76. The average Bonchev–Trinajstić information content (AvgIpc) is 2.90. The maximum Gasteiger partial charge on any atom is 0.159 e. The second-order valence-corrected chi connectivity index (χ2v) is 6.24. The van der Waals surface area contributed by atoms with Crippen LogP contribution in [0, 0.1) is 0 Å². The van der Waals surface area contributed by atoms with Crippen molar-refractivity contribution in [1.29, 1.82) is 0 Å². The van der Waals surface area contributed by atoms with Gasteiger partial charge in [0.15, 0.2) is 5.65 Å². The zero-order valence-corrected chi connectivity index (χ0v) is 12.5. The molecule has 2 aromatic rings. The van der Waals surface area contributed by atoms with Gasteiger partial charge in [-0.1, -0.05) is 0 Å². The van der Waals surface area contributed by atoms with Gasteiger partial charge in [0.2, 0.25) is 0 Å². The van der Waals surface area contributed by atoms with Crippen LogP contribution >= 0.6 is 0 Å². The van der Waals surface area contributed by atoms with Crippen LogP contribution in [-0.2, 0) is 6.54 Å². The van der Waals surface area contributed by atoms with Gasteiger partial charge in [-0.25, -0.2) is 9.50 Å². The lowest BCUT2D eigenvalue weighted by atomic mass is 10.1. The minimum absolute atomic E-state index is 0.673. The molecule has 0 radical (unpaired) electrons. The smallest absolute Gasteiger partial charge is 0.159 e. The number of likely N-dealkylation sites (N-methyl/N-ethyl adjacent to an activating group) is 1. The molecule has 21 heavy (non-hydrogen) atoms. The van der Waals surface area contributed by atoms with Crippen LogP contribution in [0.1, 0.15) is 5.56 Å². The van der Waals surface area contributed by atoms with E-state index in [1.165, 1.54) is 31.7 Å². The first-order valence-corrected chi connectivity index (χ1v) is 7.72. The number of rotatable bonds is 2. The van der Waals surface area contributed by atoms with Crippen molar-refractivity contribution in [3.63, 3.8) is 0 Å². The Hall–Kier alpha value is -1.50. The molecule has 0 N–H and O–H groups in total. The van der Waals surface area contributed by atoms with Gasteiger partial charge in [0, 0.05) is 69.8 Å². The summed E-state index contributed by atoms with van der Waals surface area (Å²) in [6, 6.07) is 2.59. The Labute approximate surface area is 125 Å². The fraction of sp³-hybridized carbons (Fsp3) is 0.600. The molecular weight excluding hydrogens is 264 g/mol. The van der Waals surface area contributed by atoms with Crippen molar-refractivity contribution < 1.29 is 0 Å². The highest BCUT2D eigenvalue weighted by Gasteiger charge is 2.31. The van der Waals surface area contributed by atoms with Gasteiger partial charge in [0.05, 0.1) is 6.20 Å². The maximum atomic E-state index is 4.46. The second-order valence-electron chi connectivity index (χ2n) is 6.24. The van der Waals surface area contributed by atoms with E-state index in [9.17, 15) is 0 Å². The van der Waals surface area contributed by atoms with Crippen LogP contribution in [0.25, 0.3) is 5.65 Å². The lowest BCUT2D eigenvalue weighted by Crippen LogP contribution is -2.61. The van der Waals surface area contributed by atoms with Crippen LogP contribution in [-0.4, -0.2) is 81.7 Å². The van der Waals surface area contributed by atoms with Gasteiger partial charge >= 0.3 is 0 Å². The highest BCUT2D eigenvalue weighted by Crippen LogP contribution is 2.18. The van der Waals surface area contributed by atoms with E-state index in [2.05, 4.69) is 31.8 Å². The van der Waals surface area contributed by atoms with E-state index in [0.717, 1.165) is 25.3 Å². The van der Waals surface area contributed by atoms with Gasteiger partial charge in [-0.2, -0.15) is 5.10 Å². The third-order valence-corrected chi connectivity index (χ3v) is 4.73. The summed E-state index contributed by atoms with van der Waals surface area (Å²) in [5.41, 5.74) is 2.22. The van der Waals surface area contributed by atoms with Gasteiger partial charge in [0.25, 0.3) is 0 Å². The van der Waals surface area contributed by atoms with Gasteiger partial charge in [-0.05, 0) is 13.1 Å². The Kier molecular flexibility index (Phi) is 3.37. The molecule has 112 valence electrons. The van der Waals surface area contributed by atoms with Crippen LogP contribution < -0.4 is 0 Å². The summed E-state index contributed by atoms with van der Waals surface area (Å²) in [5.74, 6) is 0. The summed E-state index contributed by atoms with van der Waals surface area (Å²) < 4.78 is 1.86. The van der Waals surface area contributed by atoms with Crippen LogP contribution in [0.15, 0.2) is 24.7 Å². The van der Waals surface area contributed by atoms with E-state index in [1.807, 2.05) is 29.2 Å². The Morgan fingerprint density at radius 1 is 1.19 bits per heavy atom. The molecule has 0 spiro atoms. The highest BCUT2D eigenvalue weighted by molar-refractivity contribution is 5.45. The van der Waals surface area contributed by atoms with Crippen LogP contribution in [0.2, 0.25) is 0 Å². The fourth-order valence-electron chi connectivity index (χ4n) is 3.55. The molecule has 2 fully saturated rings. The van der Waals surface area contributed by atoms with Crippen molar-refractivity contribution >= 4 is 5.65 Å². The van der Waals surface area contributed by atoms with Gasteiger partial charge in [-0.15, -0.1) is 0 Å². The summed E-state index contributed by atoms with van der Waals surface area (Å²) in [4.78, 5) is 12.1. The molecule has 2 saturated heterocycles. The summed E-state index contributed by atoms with van der Waals surface area (Å²) in [5, 5.41) is 4.39. The third kappa shape index (κ3) is 2.54. The quantitative estimate of drug-likeness (QED) is 0.786. The average molecular weight is 286 g/mol. The van der Waals surface area contributed by atoms with Crippen molar-refractivity contribution in [1.82, 2.24) is 29.3 Å². The summed E-state index contributed by atoms with van der Waals surface area (Å²) >= 11 is 0. The molecule has 2 aliphatic heterocycles. The molecule has 2 aliphatic rings. The maximum absolute atomic E-state index is 4.46. The lowest BCUT2D eigenvalue weighted by Gasteiger charge is -2.46. The normalized spacial score (nSPS) is 25.3. The fourth-order valence-corrected chi connectivity index (χ4v) is 3.55. The van der Waals surface area contributed by atoms with E-state index < -0.39 is 0 Å². The molecule has 4 heterocycles. The van der Waals surface area contributed by atoms with Gasteiger partial charge in [0.1, 0.15) is 0 Å². The molecule has 0 bridgehead atoms. The van der Waals surface area contributed by atoms with E-state index in [4.69, 9.17) is 0 Å². The number of fused-ring (bicyclic) bond motifs is 2. The molecule has 2 aromatic heterocycles. The van der Waals surface area contributed by atoms with E-state index in [0.29, 0.717) is 6.04 Å². The highest BCUT2D eigenvalue weighted by atomic mass is 15.3. The monoisotopic (exact) mass is 286 g/mol. The zero-order chi connectivity index (χ0) is 14.2. The first kappa shape index (κ1) is 13.2. The minimum Gasteiger partial charge on any atom is -0.303 e. The van der Waals surface area contributed by atoms with Crippen molar-refractivity contribution in [2.45, 2.75) is 12.6 Å². The topological polar surface area (TPSA) is 39.9 Å². The molecule has 0 aromatic carbocycles. The van der Waals surface area contributed by atoms with Crippen LogP contribution in [0.5, 0.6) is 0 Å². The lowest BCUT2D eigenvalue weighted by molar-refractivity contribution is 0.0176. The number of piperazine rings is 2. The van der Waals surface area contributed by atoms with Crippen molar-refractivity contribution in [3.8, 4) is 0 Å². The molecule has 4 rings (SSSR count). The minimum atomic E-state index is 0.673. The third-order valence-electron chi connectivity index (χ3n) is 4.73. The second kappa shape index (κ2) is 5.36. The molecule has 0 aliphatic carbocycles.